The molecule has 0 radical (unpaired) electrons. The van der Waals surface area contributed by atoms with Crippen molar-refractivity contribution in [2.24, 2.45) is 5.92 Å². The van der Waals surface area contributed by atoms with Crippen LogP contribution in [-0.2, 0) is 11.5 Å². The highest BCUT2D eigenvalue weighted by Crippen LogP contribution is 2.36. The second-order valence-electron chi connectivity index (χ2n) is 9.91. The molecule has 0 bridgehead atoms. The summed E-state index contributed by atoms with van der Waals surface area (Å²) in [4.78, 5) is 8.98. The molecular formula is C24H33N5O2Si. The molecule has 0 spiro atoms. The van der Waals surface area contributed by atoms with E-state index in [2.05, 4.69) is 47.9 Å². The van der Waals surface area contributed by atoms with E-state index >= 15 is 0 Å². The number of pyridine rings is 2. The monoisotopic (exact) mass is 451 g/mol. The van der Waals surface area contributed by atoms with Gasteiger partial charge in [-0.25, -0.2) is 9.97 Å². The van der Waals surface area contributed by atoms with E-state index in [-0.39, 0.29) is 6.10 Å². The number of piperidine rings is 1. The van der Waals surface area contributed by atoms with E-state index in [0.717, 1.165) is 59.8 Å². The van der Waals surface area contributed by atoms with Crippen LogP contribution in [0.3, 0.4) is 0 Å². The van der Waals surface area contributed by atoms with Crippen LogP contribution in [0.25, 0.3) is 21.9 Å². The van der Waals surface area contributed by atoms with Gasteiger partial charge in [-0.3, -0.25) is 4.57 Å². The third-order valence-corrected chi connectivity index (χ3v) is 7.94. The molecule has 4 heterocycles. The van der Waals surface area contributed by atoms with E-state index in [1.807, 2.05) is 16.7 Å². The highest BCUT2D eigenvalue weighted by atomic mass is 28.3. The van der Waals surface area contributed by atoms with Gasteiger partial charge < -0.3 is 14.8 Å². The van der Waals surface area contributed by atoms with Gasteiger partial charge in [-0.15, -0.1) is 0 Å². The lowest BCUT2D eigenvalue weighted by atomic mass is 9.94. The molecule has 1 aliphatic rings. The van der Waals surface area contributed by atoms with E-state index in [9.17, 15) is 5.26 Å². The third kappa shape index (κ3) is 4.95. The Hall–Kier alpha value is -2.47. The van der Waals surface area contributed by atoms with Crippen LogP contribution in [0.5, 0.6) is 5.75 Å². The van der Waals surface area contributed by atoms with Crippen LogP contribution in [-0.4, -0.2) is 48.4 Å². The minimum absolute atomic E-state index is 0.0806. The Kier molecular flexibility index (Phi) is 6.79. The number of aromatic nitrogens is 3. The fourth-order valence-electron chi connectivity index (χ4n) is 4.27. The molecule has 0 aliphatic carbocycles. The van der Waals surface area contributed by atoms with Crippen LogP contribution >= 0.6 is 0 Å². The molecule has 0 amide bonds. The Labute approximate surface area is 190 Å². The number of nitrogens with one attached hydrogen (secondary N) is 1. The molecule has 1 aliphatic heterocycles. The van der Waals surface area contributed by atoms with Gasteiger partial charge in [-0.2, -0.15) is 5.26 Å². The predicted octanol–water partition coefficient (Wildman–Crippen LogP) is 4.54. The van der Waals surface area contributed by atoms with Gasteiger partial charge in [-0.1, -0.05) is 19.6 Å². The third-order valence-electron chi connectivity index (χ3n) is 6.23. The molecule has 7 nitrogen and oxygen atoms in total. The normalized spacial score (nSPS) is 18.0. The van der Waals surface area contributed by atoms with E-state index in [1.165, 1.54) is 6.42 Å². The van der Waals surface area contributed by atoms with Crippen LogP contribution < -0.4 is 10.1 Å². The lowest BCUT2D eigenvalue weighted by molar-refractivity contribution is 0.0925. The van der Waals surface area contributed by atoms with Crippen molar-refractivity contribution in [2.45, 2.75) is 58.3 Å². The van der Waals surface area contributed by atoms with Crippen molar-refractivity contribution in [1.29, 1.82) is 5.26 Å². The number of hydrogen-bond acceptors (Lipinski definition) is 6. The second-order valence-corrected chi connectivity index (χ2v) is 15.5. The van der Waals surface area contributed by atoms with Crippen molar-refractivity contribution in [1.82, 2.24) is 19.9 Å². The van der Waals surface area contributed by atoms with Crippen molar-refractivity contribution in [3.63, 3.8) is 0 Å². The standard InChI is InChI=1S/C24H33N5O2Si/c1-17(18-6-5-8-26-14-18)31-22-7-9-27-24-23(22)20-12-19(13-25)28-15-21(20)29(24)16-30-10-11-32(2,3)4/h7,9,12,15,17-18,26H,5-6,8,10-11,14,16H2,1-4H3/t17-,18?/m1/s1. The number of nitriles is 1. The molecule has 170 valence electrons. The maximum absolute atomic E-state index is 9.42. The van der Waals surface area contributed by atoms with E-state index in [1.54, 1.807) is 12.4 Å². The van der Waals surface area contributed by atoms with Gasteiger partial charge in [-0.05, 0) is 44.5 Å². The number of rotatable bonds is 8. The minimum atomic E-state index is -1.17. The van der Waals surface area contributed by atoms with Crippen LogP contribution in [0, 0.1) is 17.2 Å². The largest absolute Gasteiger partial charge is 0.490 e. The van der Waals surface area contributed by atoms with Crippen LogP contribution in [0.2, 0.25) is 25.7 Å². The Morgan fingerprint density at radius 3 is 2.91 bits per heavy atom. The summed E-state index contributed by atoms with van der Waals surface area (Å²) in [7, 11) is -1.17. The summed E-state index contributed by atoms with van der Waals surface area (Å²) < 4.78 is 14.6. The van der Waals surface area contributed by atoms with Gasteiger partial charge >= 0.3 is 0 Å². The molecule has 32 heavy (non-hydrogen) atoms. The molecule has 2 atom stereocenters. The molecule has 1 fully saturated rings. The Morgan fingerprint density at radius 2 is 2.19 bits per heavy atom. The Balaban J connectivity index is 1.70. The quantitative estimate of drug-likeness (QED) is 0.400. The lowest BCUT2D eigenvalue weighted by Crippen LogP contribution is -2.37. The number of hydrogen-bond donors (Lipinski definition) is 1. The summed E-state index contributed by atoms with van der Waals surface area (Å²) in [6.07, 6.45) is 5.96. The molecule has 3 aromatic heterocycles. The zero-order valence-electron chi connectivity index (χ0n) is 19.5. The Bertz CT molecular complexity index is 1130. The molecule has 0 saturated carbocycles. The summed E-state index contributed by atoms with van der Waals surface area (Å²) in [6.45, 7) is 12.4. The first-order valence-corrected chi connectivity index (χ1v) is 15.2. The summed E-state index contributed by atoms with van der Waals surface area (Å²) in [6, 6.07) is 7.02. The maximum Gasteiger partial charge on any atom is 0.146 e. The average Bonchev–Trinajstić information content (AvgIpc) is 3.10. The molecule has 1 N–H and O–H groups in total. The first-order valence-electron chi connectivity index (χ1n) is 11.5. The number of ether oxygens (including phenoxy) is 2. The van der Waals surface area contributed by atoms with Crippen LogP contribution in [0.4, 0.5) is 0 Å². The number of fused-ring (bicyclic) bond motifs is 3. The topological polar surface area (TPSA) is 85.0 Å². The van der Waals surface area contributed by atoms with Gasteiger partial charge in [0.25, 0.3) is 0 Å². The fraction of sp³-hybridized carbons (Fsp3) is 0.542. The first-order chi connectivity index (χ1) is 15.4. The maximum atomic E-state index is 9.42. The second kappa shape index (κ2) is 9.57. The lowest BCUT2D eigenvalue weighted by Gasteiger charge is -2.29. The van der Waals surface area contributed by atoms with E-state index in [0.29, 0.717) is 18.3 Å². The van der Waals surface area contributed by atoms with Crippen molar-refractivity contribution < 1.29 is 9.47 Å². The van der Waals surface area contributed by atoms with Crippen LogP contribution in [0.1, 0.15) is 25.5 Å². The van der Waals surface area contributed by atoms with Gasteiger partial charge in [0.15, 0.2) is 0 Å². The summed E-state index contributed by atoms with van der Waals surface area (Å²) in [5, 5.41) is 14.7. The first kappa shape index (κ1) is 22.7. The van der Waals surface area contributed by atoms with Crippen molar-refractivity contribution >= 4 is 30.0 Å². The SMILES string of the molecule is C[C@@H](Oc1ccnc2c1c1cc(C#N)ncc1n2COCC[Si](C)(C)C)C1CCCNC1. The zero-order chi connectivity index (χ0) is 22.7. The van der Waals surface area contributed by atoms with Gasteiger partial charge in [0.1, 0.15) is 29.9 Å². The fourth-order valence-corrected chi connectivity index (χ4v) is 5.03. The van der Waals surface area contributed by atoms with Crippen LogP contribution in [0.15, 0.2) is 24.5 Å². The Morgan fingerprint density at radius 1 is 1.34 bits per heavy atom. The molecule has 4 rings (SSSR count). The molecule has 3 aromatic rings. The smallest absolute Gasteiger partial charge is 0.146 e. The van der Waals surface area contributed by atoms with Crippen molar-refractivity contribution in [3.8, 4) is 11.8 Å². The van der Waals surface area contributed by atoms with E-state index < -0.39 is 8.07 Å². The van der Waals surface area contributed by atoms with Crippen molar-refractivity contribution in [3.05, 3.63) is 30.2 Å². The van der Waals surface area contributed by atoms with Gasteiger partial charge in [0, 0.05) is 38.7 Å². The summed E-state index contributed by atoms with van der Waals surface area (Å²) in [5.41, 5.74) is 2.09. The molecular weight excluding hydrogens is 418 g/mol. The molecule has 8 heteroatoms. The highest BCUT2D eigenvalue weighted by Gasteiger charge is 2.24. The molecule has 1 unspecified atom stereocenters. The molecule has 1 saturated heterocycles. The van der Waals surface area contributed by atoms with Crippen molar-refractivity contribution in [2.75, 3.05) is 19.7 Å². The summed E-state index contributed by atoms with van der Waals surface area (Å²) in [5.74, 6) is 1.27. The predicted molar refractivity (Wildman–Crippen MR) is 130 cm³/mol. The average molecular weight is 452 g/mol. The van der Waals surface area contributed by atoms with Gasteiger partial charge in [0.05, 0.1) is 23.2 Å². The number of nitrogens with zero attached hydrogens (tertiary/aromatic N) is 4. The summed E-state index contributed by atoms with van der Waals surface area (Å²) >= 11 is 0. The molecule has 0 aromatic carbocycles. The van der Waals surface area contributed by atoms with E-state index in [4.69, 9.17) is 9.47 Å². The highest BCUT2D eigenvalue weighted by molar-refractivity contribution is 6.76. The minimum Gasteiger partial charge on any atom is -0.490 e. The zero-order valence-corrected chi connectivity index (χ0v) is 20.5. The van der Waals surface area contributed by atoms with Gasteiger partial charge in [0.2, 0.25) is 0 Å².